The topological polar surface area (TPSA) is 62.5 Å². The van der Waals surface area contributed by atoms with E-state index < -0.39 is 0 Å². The highest BCUT2D eigenvalue weighted by molar-refractivity contribution is 5.82. The van der Waals surface area contributed by atoms with Crippen LogP contribution in [0.1, 0.15) is 11.1 Å². The molecule has 0 saturated heterocycles. The van der Waals surface area contributed by atoms with Gasteiger partial charge in [-0.05, 0) is 41.0 Å². The lowest BCUT2D eigenvalue weighted by molar-refractivity contribution is 0.407. The van der Waals surface area contributed by atoms with Gasteiger partial charge in [0.2, 0.25) is 0 Å². The fourth-order valence-corrected chi connectivity index (χ4v) is 2.05. The summed E-state index contributed by atoms with van der Waals surface area (Å²) in [6.07, 6.45) is 1.43. The molecule has 21 heavy (non-hydrogen) atoms. The molecule has 2 aromatic rings. The van der Waals surface area contributed by atoms with Gasteiger partial charge in [-0.2, -0.15) is 5.26 Å². The molecule has 2 rings (SSSR count). The van der Waals surface area contributed by atoms with Crippen LogP contribution in [0.4, 0.5) is 0 Å². The Bertz CT molecular complexity index is 714. The molecule has 0 fully saturated rings. The van der Waals surface area contributed by atoms with E-state index in [2.05, 4.69) is 0 Å². The average Bonchev–Trinajstić information content (AvgIpc) is 2.51. The second-order valence-corrected chi connectivity index (χ2v) is 4.34. The van der Waals surface area contributed by atoms with E-state index in [1.165, 1.54) is 19.3 Å². The van der Waals surface area contributed by atoms with Crippen LogP contribution < -0.4 is 9.47 Å². The number of aromatic hydroxyl groups is 1. The lowest BCUT2D eigenvalue weighted by Gasteiger charge is -2.11. The van der Waals surface area contributed by atoms with Gasteiger partial charge >= 0.3 is 0 Å². The molecule has 1 N–H and O–H groups in total. The molecule has 0 amide bonds. The number of phenols is 1. The number of phenolic OH excluding ortho intramolecular Hbond substituents is 1. The van der Waals surface area contributed by atoms with Crippen LogP contribution in [0.5, 0.6) is 17.2 Å². The highest BCUT2D eigenvalue weighted by Crippen LogP contribution is 2.31. The number of hydrogen-bond acceptors (Lipinski definition) is 4. The van der Waals surface area contributed by atoms with Crippen LogP contribution in [0.2, 0.25) is 0 Å². The molecule has 0 heterocycles. The zero-order chi connectivity index (χ0) is 15.2. The molecule has 0 radical (unpaired) electrons. The smallest absolute Gasteiger partial charge is 0.123 e. The molecule has 4 nitrogen and oxygen atoms in total. The van der Waals surface area contributed by atoms with Crippen molar-refractivity contribution in [2.45, 2.75) is 0 Å². The van der Waals surface area contributed by atoms with Gasteiger partial charge in [-0.25, -0.2) is 0 Å². The van der Waals surface area contributed by atoms with Crippen LogP contribution in [-0.2, 0) is 0 Å². The third-order valence-electron chi connectivity index (χ3n) is 3.03. The van der Waals surface area contributed by atoms with Gasteiger partial charge < -0.3 is 14.6 Å². The van der Waals surface area contributed by atoms with Crippen LogP contribution in [-0.4, -0.2) is 19.3 Å². The summed E-state index contributed by atoms with van der Waals surface area (Å²) in [5.74, 6) is 1.30. The second-order valence-electron chi connectivity index (χ2n) is 4.34. The van der Waals surface area contributed by atoms with Crippen LogP contribution >= 0.6 is 0 Å². The Labute approximate surface area is 123 Å². The molecular formula is C17H15NO3. The van der Waals surface area contributed by atoms with Gasteiger partial charge in [0.1, 0.15) is 17.2 Å². The van der Waals surface area contributed by atoms with E-state index in [0.717, 1.165) is 5.56 Å². The maximum absolute atomic E-state index is 9.77. The van der Waals surface area contributed by atoms with Crippen LogP contribution in [0.3, 0.4) is 0 Å². The Hall–Kier alpha value is -2.93. The first-order valence-corrected chi connectivity index (χ1v) is 6.30. The SMILES string of the molecule is COc1cccc(/C(=C\C#N)c2cc(O)cc(OC)c2)c1. The number of ether oxygens (including phenoxy) is 2. The number of methoxy groups -OCH3 is 2. The summed E-state index contributed by atoms with van der Waals surface area (Å²) in [5.41, 5.74) is 2.20. The molecule has 4 heteroatoms. The van der Waals surface area contributed by atoms with E-state index >= 15 is 0 Å². The van der Waals surface area contributed by atoms with Crippen molar-refractivity contribution in [3.05, 3.63) is 59.7 Å². The first kappa shape index (κ1) is 14.5. The van der Waals surface area contributed by atoms with Crippen molar-refractivity contribution in [3.63, 3.8) is 0 Å². The quantitative estimate of drug-likeness (QED) is 0.873. The predicted molar refractivity (Wildman–Crippen MR) is 80.3 cm³/mol. The number of nitriles is 1. The minimum atomic E-state index is 0.0797. The van der Waals surface area contributed by atoms with Crippen molar-refractivity contribution < 1.29 is 14.6 Å². The van der Waals surface area contributed by atoms with Crippen molar-refractivity contribution in [3.8, 4) is 23.3 Å². The third-order valence-corrected chi connectivity index (χ3v) is 3.03. The van der Waals surface area contributed by atoms with Gasteiger partial charge in [0.25, 0.3) is 0 Å². The fourth-order valence-electron chi connectivity index (χ4n) is 2.05. The summed E-state index contributed by atoms with van der Waals surface area (Å²) in [4.78, 5) is 0. The molecule has 0 unspecified atom stereocenters. The Morgan fingerprint density at radius 2 is 1.76 bits per heavy atom. The van der Waals surface area contributed by atoms with Gasteiger partial charge in [-0.1, -0.05) is 12.1 Å². The molecule has 0 aliphatic rings. The monoisotopic (exact) mass is 281 g/mol. The van der Waals surface area contributed by atoms with Crippen molar-refractivity contribution >= 4 is 5.57 Å². The molecule has 0 aliphatic heterocycles. The molecule has 0 aromatic heterocycles. The largest absolute Gasteiger partial charge is 0.508 e. The number of allylic oxidation sites excluding steroid dienone is 1. The first-order valence-electron chi connectivity index (χ1n) is 6.30. The summed E-state index contributed by atoms with van der Waals surface area (Å²) < 4.78 is 10.4. The summed E-state index contributed by atoms with van der Waals surface area (Å²) >= 11 is 0. The fraction of sp³-hybridized carbons (Fsp3) is 0.118. The zero-order valence-electron chi connectivity index (χ0n) is 11.8. The Kier molecular flexibility index (Phi) is 4.47. The summed E-state index contributed by atoms with van der Waals surface area (Å²) in [6.45, 7) is 0. The van der Waals surface area contributed by atoms with E-state index in [-0.39, 0.29) is 5.75 Å². The molecule has 2 aromatic carbocycles. The van der Waals surface area contributed by atoms with Crippen LogP contribution in [0, 0.1) is 11.3 Å². The Morgan fingerprint density at radius 3 is 2.43 bits per heavy atom. The Balaban J connectivity index is 2.57. The zero-order valence-corrected chi connectivity index (χ0v) is 11.8. The highest BCUT2D eigenvalue weighted by atomic mass is 16.5. The van der Waals surface area contributed by atoms with E-state index in [0.29, 0.717) is 22.6 Å². The number of rotatable bonds is 4. The molecule has 0 bridgehead atoms. The van der Waals surface area contributed by atoms with Gasteiger partial charge in [-0.15, -0.1) is 0 Å². The predicted octanol–water partition coefficient (Wildman–Crippen LogP) is 3.36. The maximum Gasteiger partial charge on any atom is 0.123 e. The molecule has 106 valence electrons. The van der Waals surface area contributed by atoms with Crippen LogP contribution in [0.25, 0.3) is 5.57 Å². The third kappa shape index (κ3) is 3.34. The Morgan fingerprint density at radius 1 is 1.05 bits per heavy atom. The maximum atomic E-state index is 9.77. The van der Waals surface area contributed by atoms with Crippen molar-refractivity contribution in [2.75, 3.05) is 14.2 Å². The average molecular weight is 281 g/mol. The number of hydrogen-bond donors (Lipinski definition) is 1. The summed E-state index contributed by atoms with van der Waals surface area (Å²) in [6, 6.07) is 14.3. The van der Waals surface area contributed by atoms with Gasteiger partial charge in [-0.3, -0.25) is 0 Å². The first-order chi connectivity index (χ1) is 10.2. The van der Waals surface area contributed by atoms with Crippen molar-refractivity contribution in [2.24, 2.45) is 0 Å². The van der Waals surface area contributed by atoms with E-state index in [1.807, 2.05) is 30.3 Å². The summed E-state index contributed by atoms with van der Waals surface area (Å²) in [7, 11) is 3.11. The molecule has 0 aliphatic carbocycles. The molecular weight excluding hydrogens is 266 g/mol. The molecule has 0 atom stereocenters. The highest BCUT2D eigenvalue weighted by Gasteiger charge is 2.09. The van der Waals surface area contributed by atoms with E-state index in [4.69, 9.17) is 14.7 Å². The second kappa shape index (κ2) is 6.49. The standard InChI is InChI=1S/C17H15NO3/c1-20-15-5-3-4-12(9-15)17(6-7-18)13-8-14(19)11-16(10-13)21-2/h3-6,8-11,19H,1-2H3/b17-6+. The number of benzene rings is 2. The van der Waals surface area contributed by atoms with Gasteiger partial charge in [0.15, 0.2) is 0 Å². The lowest BCUT2D eigenvalue weighted by Crippen LogP contribution is -1.92. The van der Waals surface area contributed by atoms with Crippen LogP contribution in [0.15, 0.2) is 48.5 Å². The lowest BCUT2D eigenvalue weighted by atomic mass is 9.97. The minimum absolute atomic E-state index is 0.0797. The normalized spacial score (nSPS) is 10.8. The molecule has 0 saturated carbocycles. The van der Waals surface area contributed by atoms with Crippen molar-refractivity contribution in [1.82, 2.24) is 0 Å². The van der Waals surface area contributed by atoms with Gasteiger partial charge in [0.05, 0.1) is 20.3 Å². The van der Waals surface area contributed by atoms with E-state index in [1.54, 1.807) is 19.2 Å². The van der Waals surface area contributed by atoms with E-state index in [9.17, 15) is 5.11 Å². The molecule has 0 spiro atoms. The van der Waals surface area contributed by atoms with Gasteiger partial charge in [0, 0.05) is 12.1 Å². The van der Waals surface area contributed by atoms with Crippen molar-refractivity contribution in [1.29, 1.82) is 5.26 Å². The number of nitrogens with zero attached hydrogens (tertiary/aromatic N) is 1. The minimum Gasteiger partial charge on any atom is -0.508 e. The summed E-state index contributed by atoms with van der Waals surface area (Å²) in [5, 5.41) is 18.8.